The van der Waals surface area contributed by atoms with Crippen LogP contribution in [-0.4, -0.2) is 37.1 Å². The van der Waals surface area contributed by atoms with E-state index in [-0.39, 0.29) is 54.2 Å². The fourth-order valence-electron chi connectivity index (χ4n) is 6.11. The minimum Gasteiger partial charge on any atom is -0.462 e. The van der Waals surface area contributed by atoms with E-state index in [0.717, 1.165) is 50.7 Å². The van der Waals surface area contributed by atoms with Crippen LogP contribution in [0.3, 0.4) is 0 Å². The minimum absolute atomic E-state index is 0.0648. The van der Waals surface area contributed by atoms with Crippen molar-refractivity contribution < 1.29 is 38.1 Å². The van der Waals surface area contributed by atoms with E-state index < -0.39 is 46.5 Å². The molecule has 14 heteroatoms. The molecule has 0 heterocycles. The van der Waals surface area contributed by atoms with Crippen molar-refractivity contribution in [2.45, 2.75) is 79.1 Å². The summed E-state index contributed by atoms with van der Waals surface area (Å²) in [7, 11) is 0. The fraction of sp³-hybridized carbons (Fsp3) is 0.529. The zero-order valence-electron chi connectivity index (χ0n) is 26.9. The molecule has 2 aliphatic carbocycles. The van der Waals surface area contributed by atoms with Gasteiger partial charge in [0.15, 0.2) is 11.5 Å². The highest BCUT2D eigenvalue weighted by Crippen LogP contribution is 2.58. The van der Waals surface area contributed by atoms with Crippen LogP contribution in [0.4, 0.5) is 0 Å². The van der Waals surface area contributed by atoms with Gasteiger partial charge in [-0.1, -0.05) is 123 Å². The number of carbonyl (C=O) groups excluding carboxylic acids is 4. The highest BCUT2D eigenvalue weighted by atomic mass is 35.5. The van der Waals surface area contributed by atoms with Crippen LogP contribution in [0.15, 0.2) is 12.1 Å². The standard InChI is InChI=1S/C34H36Cl6O8/c1-5-7-17-15-33(17,3)9-11-45-29(41)23-25(39)19(35)13-21(37)27(23)47-31(43)32(44)48-28-22(38)14-20(36)26(40)24(28)30(42)46-12-10-34(4)16-18(34)8-6-2/h13-14,17-18H,5-12,15-16H2,1-4H3. The van der Waals surface area contributed by atoms with Crippen molar-refractivity contribution in [3.8, 4) is 11.5 Å². The molecule has 2 fully saturated rings. The lowest BCUT2D eigenvalue weighted by atomic mass is 10.0. The Kier molecular flexibility index (Phi) is 12.9. The van der Waals surface area contributed by atoms with Gasteiger partial charge in [-0.2, -0.15) is 0 Å². The average molecular weight is 785 g/mol. The first-order valence-corrected chi connectivity index (χ1v) is 18.0. The monoisotopic (exact) mass is 782 g/mol. The predicted molar refractivity (Wildman–Crippen MR) is 186 cm³/mol. The zero-order valence-corrected chi connectivity index (χ0v) is 31.4. The van der Waals surface area contributed by atoms with Gasteiger partial charge in [0.25, 0.3) is 0 Å². The Balaban J connectivity index is 1.48. The molecule has 0 spiro atoms. The Labute approximate surface area is 309 Å². The van der Waals surface area contributed by atoms with E-state index in [1.165, 1.54) is 0 Å². The molecule has 0 aliphatic heterocycles. The Morgan fingerprint density at radius 1 is 0.646 bits per heavy atom. The van der Waals surface area contributed by atoms with Crippen LogP contribution in [0.5, 0.6) is 11.5 Å². The fourth-order valence-corrected chi connectivity index (χ4v) is 7.54. The molecular weight excluding hydrogens is 749 g/mol. The average Bonchev–Trinajstić information content (AvgIpc) is 3.87. The largest absolute Gasteiger partial charge is 0.462 e. The Hall–Kier alpha value is -1.94. The summed E-state index contributed by atoms with van der Waals surface area (Å²) in [6.07, 6.45) is 7.61. The van der Waals surface area contributed by atoms with Gasteiger partial charge in [-0.05, 0) is 60.5 Å². The summed E-state index contributed by atoms with van der Waals surface area (Å²) >= 11 is 37.5. The maximum atomic E-state index is 13.2. The van der Waals surface area contributed by atoms with Crippen molar-refractivity contribution in [3.63, 3.8) is 0 Å². The third-order valence-electron chi connectivity index (χ3n) is 9.38. The predicted octanol–water partition coefficient (Wildman–Crippen LogP) is 10.9. The van der Waals surface area contributed by atoms with Gasteiger partial charge in [0.1, 0.15) is 11.1 Å². The van der Waals surface area contributed by atoms with Crippen LogP contribution >= 0.6 is 69.6 Å². The highest BCUT2D eigenvalue weighted by molar-refractivity contribution is 6.47. The van der Waals surface area contributed by atoms with Gasteiger partial charge in [-0.25, -0.2) is 19.2 Å². The number of halogens is 6. The first kappa shape index (κ1) is 38.9. The van der Waals surface area contributed by atoms with Crippen LogP contribution in [0, 0.1) is 22.7 Å². The number of carbonyl (C=O) groups is 4. The molecule has 2 aromatic carbocycles. The normalized spacial score (nSPS) is 22.5. The summed E-state index contributed by atoms with van der Waals surface area (Å²) in [5.41, 5.74) is -0.780. The van der Waals surface area contributed by atoms with Crippen molar-refractivity contribution >= 4 is 93.5 Å². The van der Waals surface area contributed by atoms with E-state index >= 15 is 0 Å². The Bertz CT molecular complexity index is 1500. The lowest BCUT2D eigenvalue weighted by molar-refractivity contribution is -0.156. The molecule has 0 aromatic heterocycles. The third kappa shape index (κ3) is 8.85. The molecule has 48 heavy (non-hydrogen) atoms. The highest BCUT2D eigenvalue weighted by Gasteiger charge is 2.49. The number of hydrogen-bond donors (Lipinski definition) is 0. The third-order valence-corrected chi connectivity index (χ3v) is 11.5. The second-order valence-corrected chi connectivity index (χ2v) is 15.3. The lowest BCUT2D eigenvalue weighted by Gasteiger charge is -2.16. The van der Waals surface area contributed by atoms with Crippen molar-refractivity contribution in [1.29, 1.82) is 0 Å². The number of hydrogen-bond acceptors (Lipinski definition) is 8. The Morgan fingerprint density at radius 3 is 1.33 bits per heavy atom. The topological polar surface area (TPSA) is 105 Å². The second kappa shape index (κ2) is 15.9. The van der Waals surface area contributed by atoms with Gasteiger partial charge in [0.05, 0.1) is 43.3 Å². The summed E-state index contributed by atoms with van der Waals surface area (Å²) < 4.78 is 21.3. The number of benzene rings is 2. The Morgan fingerprint density at radius 2 is 1.00 bits per heavy atom. The molecule has 0 bridgehead atoms. The van der Waals surface area contributed by atoms with Crippen LogP contribution < -0.4 is 9.47 Å². The van der Waals surface area contributed by atoms with Gasteiger partial charge in [0, 0.05) is 0 Å². The molecule has 0 radical (unpaired) electrons. The van der Waals surface area contributed by atoms with Crippen LogP contribution in [-0.2, 0) is 19.1 Å². The summed E-state index contributed by atoms with van der Waals surface area (Å²) in [6, 6.07) is 2.26. The molecule has 4 unspecified atom stereocenters. The zero-order chi connectivity index (χ0) is 35.6. The molecule has 8 nitrogen and oxygen atoms in total. The smallest absolute Gasteiger partial charge is 0.423 e. The van der Waals surface area contributed by atoms with Gasteiger partial charge < -0.3 is 18.9 Å². The molecule has 262 valence electrons. The summed E-state index contributed by atoms with van der Waals surface area (Å²) in [5.74, 6) is -5.23. The maximum absolute atomic E-state index is 13.2. The molecule has 4 rings (SSSR count). The first-order valence-electron chi connectivity index (χ1n) is 15.7. The van der Waals surface area contributed by atoms with Crippen molar-refractivity contribution in [2.75, 3.05) is 13.2 Å². The molecule has 2 aliphatic rings. The van der Waals surface area contributed by atoms with E-state index in [1.807, 2.05) is 0 Å². The maximum Gasteiger partial charge on any atom is 0.423 e. The molecule has 4 atom stereocenters. The van der Waals surface area contributed by atoms with Crippen molar-refractivity contribution in [1.82, 2.24) is 0 Å². The lowest BCUT2D eigenvalue weighted by Crippen LogP contribution is -2.27. The van der Waals surface area contributed by atoms with Crippen molar-refractivity contribution in [3.05, 3.63) is 53.4 Å². The van der Waals surface area contributed by atoms with Crippen LogP contribution in [0.2, 0.25) is 30.1 Å². The van der Waals surface area contributed by atoms with Crippen LogP contribution in [0.1, 0.15) is 99.8 Å². The van der Waals surface area contributed by atoms with Crippen LogP contribution in [0.25, 0.3) is 0 Å². The first-order chi connectivity index (χ1) is 22.6. The number of rotatable bonds is 14. The molecule has 2 aromatic rings. The summed E-state index contributed by atoms with van der Waals surface area (Å²) in [4.78, 5) is 52.3. The van der Waals surface area contributed by atoms with E-state index in [4.69, 9.17) is 88.6 Å². The van der Waals surface area contributed by atoms with E-state index in [1.54, 1.807) is 0 Å². The summed E-state index contributed by atoms with van der Waals surface area (Å²) in [6.45, 7) is 8.63. The van der Waals surface area contributed by atoms with E-state index in [9.17, 15) is 19.2 Å². The van der Waals surface area contributed by atoms with E-state index in [0.29, 0.717) is 24.7 Å². The SMILES string of the molecule is CCCC1CC1(C)CCOC(=O)c1c(Cl)c(Cl)cc(Cl)c1OC(=O)C(=O)Oc1c(Cl)cc(Cl)c(Cl)c1C(=O)OCCC1(C)CC1CCC. The van der Waals surface area contributed by atoms with Crippen molar-refractivity contribution in [2.24, 2.45) is 22.7 Å². The molecule has 0 amide bonds. The van der Waals surface area contributed by atoms with Gasteiger partial charge in [-0.15, -0.1) is 0 Å². The molecular formula is C34H36Cl6O8. The second-order valence-electron chi connectivity index (χ2n) is 13.0. The molecule has 0 N–H and O–H groups in total. The van der Waals surface area contributed by atoms with Gasteiger partial charge in [0.2, 0.25) is 0 Å². The molecule has 2 saturated carbocycles. The number of ether oxygens (including phenoxy) is 4. The van der Waals surface area contributed by atoms with Gasteiger partial charge in [-0.3, -0.25) is 0 Å². The summed E-state index contributed by atoms with van der Waals surface area (Å²) in [5, 5.41) is -1.45. The quantitative estimate of drug-likeness (QED) is 0.0807. The minimum atomic E-state index is -1.64. The van der Waals surface area contributed by atoms with Gasteiger partial charge >= 0.3 is 23.9 Å². The molecule has 0 saturated heterocycles. The number of esters is 4. The van der Waals surface area contributed by atoms with E-state index in [2.05, 4.69) is 27.7 Å².